The lowest BCUT2D eigenvalue weighted by atomic mass is 10.2. The van der Waals surface area contributed by atoms with Crippen LogP contribution < -0.4 is 5.32 Å². The van der Waals surface area contributed by atoms with Gasteiger partial charge in [0.05, 0.1) is 5.69 Å². The molecule has 0 aliphatic rings. The molecule has 1 amide bonds. The number of hydrogen-bond donors (Lipinski definition) is 2. The fraction of sp³-hybridized carbons (Fsp3) is 0.364. The van der Waals surface area contributed by atoms with E-state index in [4.69, 9.17) is 5.11 Å². The van der Waals surface area contributed by atoms with Crippen molar-refractivity contribution in [2.45, 2.75) is 13.0 Å². The van der Waals surface area contributed by atoms with E-state index in [0.717, 1.165) is 0 Å². The van der Waals surface area contributed by atoms with Crippen molar-refractivity contribution in [3.8, 4) is 0 Å². The van der Waals surface area contributed by atoms with E-state index in [1.54, 1.807) is 21.0 Å². The monoisotopic (exact) mass is 237 g/mol. The number of carbonyl (C=O) groups excluding carboxylic acids is 1. The summed E-state index contributed by atoms with van der Waals surface area (Å²) >= 11 is 0. The lowest BCUT2D eigenvalue weighted by molar-refractivity contribution is -0.129. The Hall–Kier alpha value is -2.11. The van der Waals surface area contributed by atoms with E-state index in [9.17, 15) is 9.59 Å². The summed E-state index contributed by atoms with van der Waals surface area (Å²) in [5.74, 6) is -1.21. The number of hydrogen-bond acceptors (Lipinski definition) is 4. The highest BCUT2D eigenvalue weighted by molar-refractivity contribution is 5.95. The van der Waals surface area contributed by atoms with Crippen molar-refractivity contribution in [1.29, 1.82) is 0 Å². The second kappa shape index (κ2) is 5.29. The SMILES string of the molecule is CC(Nc1ccncc1C(=O)O)C(=O)N(C)C. The minimum atomic E-state index is -1.08. The summed E-state index contributed by atoms with van der Waals surface area (Å²) in [6.45, 7) is 1.67. The van der Waals surface area contributed by atoms with Gasteiger partial charge in [-0.05, 0) is 13.0 Å². The van der Waals surface area contributed by atoms with Crippen LogP contribution in [-0.4, -0.2) is 47.0 Å². The topological polar surface area (TPSA) is 82.5 Å². The van der Waals surface area contributed by atoms with Crippen LogP contribution in [0, 0.1) is 0 Å². The minimum Gasteiger partial charge on any atom is -0.478 e. The minimum absolute atomic E-state index is 0.0471. The molecular formula is C11H15N3O3. The van der Waals surface area contributed by atoms with Gasteiger partial charge in [0.2, 0.25) is 5.91 Å². The van der Waals surface area contributed by atoms with Crippen LogP contribution in [0.4, 0.5) is 5.69 Å². The summed E-state index contributed by atoms with van der Waals surface area (Å²) in [7, 11) is 3.29. The molecule has 0 aromatic carbocycles. The number of anilines is 1. The number of amides is 1. The molecule has 1 aromatic heterocycles. The summed E-state index contributed by atoms with van der Waals surface area (Å²) in [4.78, 5) is 27.7. The van der Waals surface area contributed by atoms with Gasteiger partial charge in [-0.1, -0.05) is 0 Å². The van der Waals surface area contributed by atoms with Gasteiger partial charge in [0.15, 0.2) is 0 Å². The van der Waals surface area contributed by atoms with Gasteiger partial charge in [-0.25, -0.2) is 4.79 Å². The summed E-state index contributed by atoms with van der Waals surface area (Å²) in [5.41, 5.74) is 0.432. The first-order chi connectivity index (χ1) is 7.93. The maximum atomic E-state index is 11.6. The van der Waals surface area contributed by atoms with Crippen molar-refractivity contribution in [3.05, 3.63) is 24.0 Å². The highest BCUT2D eigenvalue weighted by atomic mass is 16.4. The van der Waals surface area contributed by atoms with Crippen molar-refractivity contribution < 1.29 is 14.7 Å². The normalized spacial score (nSPS) is 11.7. The van der Waals surface area contributed by atoms with Gasteiger partial charge >= 0.3 is 5.97 Å². The quantitative estimate of drug-likeness (QED) is 0.804. The van der Waals surface area contributed by atoms with Crippen LogP contribution in [0.1, 0.15) is 17.3 Å². The van der Waals surface area contributed by atoms with E-state index < -0.39 is 12.0 Å². The standard InChI is InChI=1S/C11H15N3O3/c1-7(10(15)14(2)3)13-9-4-5-12-6-8(9)11(16)17/h4-7H,1-3H3,(H,12,13)(H,16,17). The van der Waals surface area contributed by atoms with Gasteiger partial charge in [0, 0.05) is 26.5 Å². The van der Waals surface area contributed by atoms with Crippen molar-refractivity contribution in [2.75, 3.05) is 19.4 Å². The smallest absolute Gasteiger partial charge is 0.339 e. The van der Waals surface area contributed by atoms with E-state index in [2.05, 4.69) is 10.3 Å². The molecule has 1 aromatic rings. The molecule has 0 spiro atoms. The number of carbonyl (C=O) groups is 2. The van der Waals surface area contributed by atoms with E-state index in [0.29, 0.717) is 5.69 Å². The Morgan fingerprint density at radius 3 is 2.65 bits per heavy atom. The zero-order valence-electron chi connectivity index (χ0n) is 9.97. The van der Waals surface area contributed by atoms with Gasteiger partial charge < -0.3 is 15.3 Å². The molecule has 17 heavy (non-hydrogen) atoms. The fourth-order valence-electron chi connectivity index (χ4n) is 1.37. The number of likely N-dealkylation sites (N-methyl/N-ethyl adjacent to an activating group) is 1. The van der Waals surface area contributed by atoms with E-state index in [-0.39, 0.29) is 11.5 Å². The number of carboxylic acids is 1. The number of pyridine rings is 1. The van der Waals surface area contributed by atoms with Crippen LogP contribution in [0.15, 0.2) is 18.5 Å². The summed E-state index contributed by atoms with van der Waals surface area (Å²) in [5, 5.41) is 11.8. The van der Waals surface area contributed by atoms with Gasteiger partial charge in [-0.2, -0.15) is 0 Å². The van der Waals surface area contributed by atoms with Crippen LogP contribution >= 0.6 is 0 Å². The van der Waals surface area contributed by atoms with Gasteiger partial charge in [-0.3, -0.25) is 9.78 Å². The predicted molar refractivity (Wildman–Crippen MR) is 63.0 cm³/mol. The molecular weight excluding hydrogens is 222 g/mol. The molecule has 0 saturated carbocycles. The molecule has 0 radical (unpaired) electrons. The molecule has 0 saturated heterocycles. The second-order valence-electron chi connectivity index (χ2n) is 3.83. The first-order valence-electron chi connectivity index (χ1n) is 5.08. The van der Waals surface area contributed by atoms with Gasteiger partial charge in [0.1, 0.15) is 11.6 Å². The predicted octanol–water partition coefficient (Wildman–Crippen LogP) is 0.668. The average molecular weight is 237 g/mol. The first kappa shape index (κ1) is 13.0. The molecule has 1 unspecified atom stereocenters. The number of rotatable bonds is 4. The Balaban J connectivity index is 2.88. The zero-order valence-corrected chi connectivity index (χ0v) is 9.97. The molecule has 0 fully saturated rings. The summed E-state index contributed by atoms with van der Waals surface area (Å²) < 4.78 is 0. The third-order valence-electron chi connectivity index (χ3n) is 2.23. The fourth-order valence-corrected chi connectivity index (χ4v) is 1.37. The van der Waals surface area contributed by atoms with E-state index in [1.807, 2.05) is 0 Å². The number of nitrogens with one attached hydrogen (secondary N) is 1. The molecule has 1 atom stereocenters. The highest BCUT2D eigenvalue weighted by Gasteiger charge is 2.17. The molecule has 0 aliphatic carbocycles. The number of carboxylic acid groups (broad SMARTS) is 1. The Labute approximate surface area is 99.3 Å². The molecule has 0 bridgehead atoms. The highest BCUT2D eigenvalue weighted by Crippen LogP contribution is 2.14. The van der Waals surface area contributed by atoms with Crippen molar-refractivity contribution in [2.24, 2.45) is 0 Å². The van der Waals surface area contributed by atoms with Crippen LogP contribution in [0.3, 0.4) is 0 Å². The van der Waals surface area contributed by atoms with Crippen LogP contribution in [0.5, 0.6) is 0 Å². The summed E-state index contributed by atoms with van der Waals surface area (Å²) in [6, 6.07) is 1.04. The maximum Gasteiger partial charge on any atom is 0.339 e. The number of aromatic nitrogens is 1. The molecule has 92 valence electrons. The van der Waals surface area contributed by atoms with Crippen LogP contribution in [-0.2, 0) is 4.79 Å². The third-order valence-corrected chi connectivity index (χ3v) is 2.23. The maximum absolute atomic E-state index is 11.6. The number of aromatic carboxylic acids is 1. The van der Waals surface area contributed by atoms with Crippen molar-refractivity contribution >= 4 is 17.6 Å². The number of nitrogens with zero attached hydrogens (tertiary/aromatic N) is 2. The van der Waals surface area contributed by atoms with Gasteiger partial charge in [-0.15, -0.1) is 0 Å². The van der Waals surface area contributed by atoms with Crippen LogP contribution in [0.2, 0.25) is 0 Å². The molecule has 1 rings (SSSR count). The first-order valence-corrected chi connectivity index (χ1v) is 5.08. The molecule has 1 heterocycles. The van der Waals surface area contributed by atoms with Crippen molar-refractivity contribution in [3.63, 3.8) is 0 Å². The Bertz CT molecular complexity index is 432. The lowest BCUT2D eigenvalue weighted by Gasteiger charge is -2.19. The zero-order chi connectivity index (χ0) is 13.0. The van der Waals surface area contributed by atoms with E-state index in [1.165, 1.54) is 23.4 Å². The van der Waals surface area contributed by atoms with E-state index >= 15 is 0 Å². The average Bonchev–Trinajstić information content (AvgIpc) is 2.28. The van der Waals surface area contributed by atoms with Crippen LogP contribution in [0.25, 0.3) is 0 Å². The Morgan fingerprint density at radius 2 is 2.12 bits per heavy atom. The second-order valence-corrected chi connectivity index (χ2v) is 3.83. The third kappa shape index (κ3) is 3.17. The van der Waals surface area contributed by atoms with Gasteiger partial charge in [0.25, 0.3) is 0 Å². The molecule has 6 heteroatoms. The van der Waals surface area contributed by atoms with Crippen molar-refractivity contribution in [1.82, 2.24) is 9.88 Å². The summed E-state index contributed by atoms with van der Waals surface area (Å²) in [6.07, 6.45) is 2.72. The lowest BCUT2D eigenvalue weighted by Crippen LogP contribution is -2.37. The Kier molecular flexibility index (Phi) is 4.03. The Morgan fingerprint density at radius 1 is 1.47 bits per heavy atom. The largest absolute Gasteiger partial charge is 0.478 e. The molecule has 2 N–H and O–H groups in total. The molecule has 6 nitrogen and oxygen atoms in total. The molecule has 0 aliphatic heterocycles.